The first-order valence-electron chi connectivity index (χ1n) is 10.5. The molecule has 0 aliphatic carbocycles. The standard InChI is InChI=1S/C20H40BNO7P2/c1-9-12-26-15-19(11-14-31(23,24-7)25-8)29-20(21)16-28-30(27-13-10-2)22(17(3)4)18(5)6/h9,11,14,17-20H,1,10,12-13,15-16H2,2-8H3/b14-11+. The van der Waals surface area contributed by atoms with Gasteiger partial charge in [0.1, 0.15) is 7.85 Å². The van der Waals surface area contributed by atoms with Gasteiger partial charge in [-0.3, -0.25) is 4.57 Å². The van der Waals surface area contributed by atoms with E-state index >= 15 is 0 Å². The highest BCUT2D eigenvalue weighted by Crippen LogP contribution is 2.48. The predicted octanol–water partition coefficient (Wildman–Crippen LogP) is 4.86. The molecule has 0 amide bonds. The maximum Gasteiger partial charge on any atom is 0.353 e. The lowest BCUT2D eigenvalue weighted by Crippen LogP contribution is -2.35. The Bertz CT molecular complexity index is 536. The Morgan fingerprint density at radius 1 is 1.10 bits per heavy atom. The summed E-state index contributed by atoms with van der Waals surface area (Å²) in [6.45, 7) is 15.3. The van der Waals surface area contributed by atoms with E-state index in [1.165, 1.54) is 20.0 Å². The fraction of sp³-hybridized carbons (Fsp3) is 0.800. The van der Waals surface area contributed by atoms with Crippen molar-refractivity contribution in [2.24, 2.45) is 0 Å². The first-order valence-corrected chi connectivity index (χ1v) is 13.2. The van der Waals surface area contributed by atoms with Crippen molar-refractivity contribution in [3.8, 4) is 0 Å². The smallest absolute Gasteiger partial charge is 0.353 e. The maximum absolute atomic E-state index is 12.3. The molecule has 0 rings (SSSR count). The van der Waals surface area contributed by atoms with Crippen LogP contribution in [0, 0.1) is 0 Å². The van der Waals surface area contributed by atoms with Gasteiger partial charge in [0.05, 0.1) is 32.5 Å². The molecule has 0 aliphatic rings. The fourth-order valence-electron chi connectivity index (χ4n) is 2.52. The van der Waals surface area contributed by atoms with Crippen LogP contribution in [0.25, 0.3) is 0 Å². The number of nitrogens with zero attached hydrogens (tertiary/aromatic N) is 1. The second-order valence-electron chi connectivity index (χ2n) is 7.22. The van der Waals surface area contributed by atoms with Crippen molar-refractivity contribution in [3.05, 3.63) is 24.5 Å². The van der Waals surface area contributed by atoms with Gasteiger partial charge in [0.2, 0.25) is 0 Å². The van der Waals surface area contributed by atoms with E-state index in [-0.39, 0.29) is 25.3 Å². The van der Waals surface area contributed by atoms with Crippen molar-refractivity contribution in [3.63, 3.8) is 0 Å². The molecule has 11 heteroatoms. The summed E-state index contributed by atoms with van der Waals surface area (Å²) in [5.41, 5.74) is 0. The largest absolute Gasteiger partial charge is 0.376 e. The first kappa shape index (κ1) is 30.9. The van der Waals surface area contributed by atoms with Crippen LogP contribution >= 0.6 is 16.1 Å². The Morgan fingerprint density at radius 3 is 2.19 bits per heavy atom. The molecule has 0 spiro atoms. The van der Waals surface area contributed by atoms with E-state index in [1.807, 2.05) is 0 Å². The zero-order valence-corrected chi connectivity index (χ0v) is 21.8. The van der Waals surface area contributed by atoms with Gasteiger partial charge >= 0.3 is 7.60 Å². The van der Waals surface area contributed by atoms with E-state index in [2.05, 4.69) is 45.9 Å². The normalized spacial score (nSPS) is 15.8. The molecule has 3 unspecified atom stereocenters. The Labute approximate surface area is 191 Å². The highest BCUT2D eigenvalue weighted by atomic mass is 31.2. The van der Waals surface area contributed by atoms with Gasteiger partial charge in [-0.2, -0.15) is 0 Å². The van der Waals surface area contributed by atoms with Crippen molar-refractivity contribution >= 4 is 24.0 Å². The van der Waals surface area contributed by atoms with Gasteiger partial charge in [-0.15, -0.1) is 6.58 Å². The molecule has 0 fully saturated rings. The van der Waals surface area contributed by atoms with Gasteiger partial charge in [-0.25, -0.2) is 4.67 Å². The van der Waals surface area contributed by atoms with Crippen LogP contribution in [-0.4, -0.2) is 77.4 Å². The average molecular weight is 479 g/mol. The minimum atomic E-state index is -3.33. The average Bonchev–Trinajstić information content (AvgIpc) is 2.72. The second kappa shape index (κ2) is 17.4. The van der Waals surface area contributed by atoms with Crippen LogP contribution in [-0.2, 0) is 32.1 Å². The topological polar surface area (TPSA) is 75.7 Å². The third-order valence-corrected chi connectivity index (χ3v) is 7.49. The monoisotopic (exact) mass is 479 g/mol. The van der Waals surface area contributed by atoms with E-state index in [0.717, 1.165) is 6.42 Å². The minimum Gasteiger partial charge on any atom is -0.376 e. The fourth-order valence-corrected chi connectivity index (χ4v) is 5.02. The van der Waals surface area contributed by atoms with Crippen LogP contribution < -0.4 is 0 Å². The molecule has 0 aromatic heterocycles. The van der Waals surface area contributed by atoms with Gasteiger partial charge in [-0.05, 0) is 40.2 Å². The molecule has 2 radical (unpaired) electrons. The van der Waals surface area contributed by atoms with Crippen molar-refractivity contribution in [1.82, 2.24) is 4.67 Å². The molecule has 0 N–H and O–H groups in total. The molecule has 0 saturated carbocycles. The predicted molar refractivity (Wildman–Crippen MR) is 127 cm³/mol. The van der Waals surface area contributed by atoms with E-state index in [9.17, 15) is 4.57 Å². The minimum absolute atomic E-state index is 0.128. The Balaban J connectivity index is 5.11. The number of ether oxygens (including phenoxy) is 2. The van der Waals surface area contributed by atoms with Gasteiger partial charge in [0, 0.05) is 38.1 Å². The Hall–Kier alpha value is -0.0751. The van der Waals surface area contributed by atoms with Crippen LogP contribution in [0.2, 0.25) is 0 Å². The van der Waals surface area contributed by atoms with Crippen molar-refractivity contribution in [2.45, 2.75) is 65.2 Å². The van der Waals surface area contributed by atoms with Crippen molar-refractivity contribution < 1.29 is 32.1 Å². The summed E-state index contributed by atoms with van der Waals surface area (Å²) in [4.78, 5) is 0. The molecule has 0 bridgehead atoms. The highest BCUT2D eigenvalue weighted by Gasteiger charge is 2.28. The molecule has 0 aromatic rings. The summed E-state index contributed by atoms with van der Waals surface area (Å²) < 4.78 is 47.6. The van der Waals surface area contributed by atoms with Crippen molar-refractivity contribution in [2.75, 3.05) is 40.6 Å². The quantitative estimate of drug-likeness (QED) is 0.113. The summed E-state index contributed by atoms with van der Waals surface area (Å²) in [6.07, 6.45) is 3.50. The molecule has 0 aliphatic heterocycles. The van der Waals surface area contributed by atoms with E-state index in [4.69, 9.17) is 35.4 Å². The van der Waals surface area contributed by atoms with Crippen LogP contribution in [0.3, 0.4) is 0 Å². The zero-order chi connectivity index (χ0) is 23.9. The number of rotatable bonds is 19. The van der Waals surface area contributed by atoms with E-state index in [0.29, 0.717) is 13.2 Å². The lowest BCUT2D eigenvalue weighted by molar-refractivity contribution is -0.0147. The molecule has 3 atom stereocenters. The third kappa shape index (κ3) is 13.3. The molecular weight excluding hydrogens is 439 g/mol. The molecular formula is C20H40BNO7P2. The molecule has 31 heavy (non-hydrogen) atoms. The molecule has 0 heterocycles. The van der Waals surface area contributed by atoms with Gasteiger partial charge < -0.3 is 27.6 Å². The van der Waals surface area contributed by atoms with Crippen LogP contribution in [0.4, 0.5) is 0 Å². The maximum atomic E-state index is 12.3. The first-order chi connectivity index (χ1) is 14.6. The molecule has 180 valence electrons. The summed E-state index contributed by atoms with van der Waals surface area (Å²) in [5, 5.41) is 0. The number of hydrogen-bond acceptors (Lipinski definition) is 8. The van der Waals surface area contributed by atoms with Gasteiger partial charge in [0.15, 0.2) is 0 Å². The Morgan fingerprint density at radius 2 is 1.71 bits per heavy atom. The summed E-state index contributed by atoms with van der Waals surface area (Å²) in [6, 6.07) is -0.247. The lowest BCUT2D eigenvalue weighted by Gasteiger charge is -2.36. The molecule has 0 saturated heterocycles. The van der Waals surface area contributed by atoms with Crippen LogP contribution in [0.1, 0.15) is 41.0 Å². The number of hydrogen-bond donors (Lipinski definition) is 0. The van der Waals surface area contributed by atoms with E-state index < -0.39 is 28.2 Å². The second-order valence-corrected chi connectivity index (χ2v) is 10.8. The van der Waals surface area contributed by atoms with Crippen molar-refractivity contribution in [1.29, 1.82) is 0 Å². The molecule has 8 nitrogen and oxygen atoms in total. The van der Waals surface area contributed by atoms with Gasteiger partial charge in [0.25, 0.3) is 8.53 Å². The summed E-state index contributed by atoms with van der Waals surface area (Å²) in [7, 11) is 4.17. The van der Waals surface area contributed by atoms with Gasteiger partial charge in [-0.1, -0.05) is 13.0 Å². The Kier molecular flexibility index (Phi) is 17.4. The van der Waals surface area contributed by atoms with Crippen LogP contribution in [0.15, 0.2) is 24.5 Å². The summed E-state index contributed by atoms with van der Waals surface area (Å²) >= 11 is 0. The zero-order valence-electron chi connectivity index (χ0n) is 20.1. The molecule has 0 aromatic carbocycles. The van der Waals surface area contributed by atoms with Crippen LogP contribution in [0.5, 0.6) is 0 Å². The third-order valence-electron chi connectivity index (χ3n) is 3.86. The highest BCUT2D eigenvalue weighted by molar-refractivity contribution is 7.57. The SMILES string of the molecule is [B]C(COP(OCCC)N(C(C)C)C(C)C)OC(/C=C/P(=O)(OC)OC)COCC=C. The van der Waals surface area contributed by atoms with E-state index in [1.54, 1.807) is 12.2 Å². The summed E-state index contributed by atoms with van der Waals surface area (Å²) in [5.74, 6) is 1.33. The lowest BCUT2D eigenvalue weighted by atomic mass is 10.0.